The van der Waals surface area contributed by atoms with Gasteiger partial charge in [-0.3, -0.25) is 10.1 Å². The molecule has 0 aliphatic rings. The largest absolute Gasteiger partial charge is 0.481 e. The highest BCUT2D eigenvalue weighted by Crippen LogP contribution is 2.21. The van der Waals surface area contributed by atoms with Crippen molar-refractivity contribution in [3.05, 3.63) is 11.8 Å². The van der Waals surface area contributed by atoms with Crippen molar-refractivity contribution in [2.24, 2.45) is 11.1 Å². The van der Waals surface area contributed by atoms with E-state index in [2.05, 4.69) is 36.1 Å². The number of methoxy groups -OCH3 is 1. The molecule has 0 aliphatic heterocycles. The van der Waals surface area contributed by atoms with Crippen LogP contribution in [0.25, 0.3) is 0 Å². The molecule has 0 spiro atoms. The lowest BCUT2D eigenvalue weighted by molar-refractivity contribution is -0.116. The third kappa shape index (κ3) is 5.97. The van der Waals surface area contributed by atoms with Gasteiger partial charge in [-0.05, 0) is 18.8 Å². The minimum atomic E-state index is -0.186. The number of amides is 1. The molecule has 20 heavy (non-hydrogen) atoms. The highest BCUT2D eigenvalue weighted by atomic mass is 16.5. The van der Waals surface area contributed by atoms with E-state index < -0.39 is 0 Å². The van der Waals surface area contributed by atoms with Crippen LogP contribution in [-0.2, 0) is 4.79 Å². The Morgan fingerprint density at radius 1 is 1.45 bits per heavy atom. The van der Waals surface area contributed by atoms with Crippen molar-refractivity contribution >= 4 is 11.9 Å². The van der Waals surface area contributed by atoms with Gasteiger partial charge in [0.05, 0.1) is 7.11 Å². The summed E-state index contributed by atoms with van der Waals surface area (Å²) in [5.74, 6) is 0.482. The Labute approximate surface area is 120 Å². The zero-order valence-electron chi connectivity index (χ0n) is 12.9. The van der Waals surface area contributed by atoms with E-state index in [1.54, 1.807) is 6.07 Å². The number of hydrogen-bond donors (Lipinski definition) is 2. The van der Waals surface area contributed by atoms with Crippen LogP contribution < -0.4 is 15.8 Å². The van der Waals surface area contributed by atoms with E-state index in [-0.39, 0.29) is 29.7 Å². The molecule has 0 aromatic carbocycles. The normalized spacial score (nSPS) is 12.9. The maximum absolute atomic E-state index is 11.9. The molecule has 0 radical (unpaired) electrons. The molecular weight excluding hydrogens is 256 g/mol. The number of hydrogen-bond acceptors (Lipinski definition) is 5. The third-order valence-electron chi connectivity index (χ3n) is 2.61. The topological polar surface area (TPSA) is 90.1 Å². The standard InChI is InChI=1S/C14H24N4O2/c1-9-6-12(20-5)18-13(16-9)17-11(19)7-10(15)8-14(2,3)4/h6,10H,7-8,15H2,1-5H3,(H,16,17,18,19). The molecule has 1 rings (SSSR count). The Bertz CT molecular complexity index is 469. The van der Waals surface area contributed by atoms with Gasteiger partial charge in [0.2, 0.25) is 17.7 Å². The maximum atomic E-state index is 11.9. The Morgan fingerprint density at radius 3 is 2.65 bits per heavy atom. The van der Waals surface area contributed by atoms with Gasteiger partial charge in [0.1, 0.15) is 0 Å². The quantitative estimate of drug-likeness (QED) is 0.859. The first-order valence-electron chi connectivity index (χ1n) is 6.65. The summed E-state index contributed by atoms with van der Waals surface area (Å²) in [6.45, 7) is 8.10. The Morgan fingerprint density at radius 2 is 2.10 bits per heavy atom. The monoisotopic (exact) mass is 280 g/mol. The van der Waals surface area contributed by atoms with Crippen LogP contribution in [0.1, 0.15) is 39.3 Å². The molecule has 112 valence electrons. The Kier molecular flexibility index (Phi) is 5.44. The van der Waals surface area contributed by atoms with Gasteiger partial charge in [-0.25, -0.2) is 4.98 Å². The number of nitrogens with one attached hydrogen (secondary N) is 1. The molecule has 1 atom stereocenters. The summed E-state index contributed by atoms with van der Waals surface area (Å²) in [6.07, 6.45) is 1.02. The summed E-state index contributed by atoms with van der Waals surface area (Å²) in [6, 6.07) is 1.52. The van der Waals surface area contributed by atoms with Crippen molar-refractivity contribution in [2.45, 2.75) is 46.6 Å². The number of rotatable bonds is 5. The van der Waals surface area contributed by atoms with Gasteiger partial charge in [-0.2, -0.15) is 4.98 Å². The summed E-state index contributed by atoms with van der Waals surface area (Å²) in [5.41, 5.74) is 6.80. The lowest BCUT2D eigenvalue weighted by Gasteiger charge is -2.22. The average molecular weight is 280 g/mol. The number of carbonyl (C=O) groups excluding carboxylic acids is 1. The molecule has 1 amide bonds. The van der Waals surface area contributed by atoms with E-state index in [1.807, 2.05) is 6.92 Å². The van der Waals surface area contributed by atoms with Gasteiger partial charge >= 0.3 is 0 Å². The highest BCUT2D eigenvalue weighted by Gasteiger charge is 2.18. The fraction of sp³-hybridized carbons (Fsp3) is 0.643. The SMILES string of the molecule is COc1cc(C)nc(NC(=O)CC(N)CC(C)(C)C)n1. The molecule has 1 aromatic rings. The fourth-order valence-electron chi connectivity index (χ4n) is 1.97. The lowest BCUT2D eigenvalue weighted by Crippen LogP contribution is -2.31. The van der Waals surface area contributed by atoms with E-state index in [4.69, 9.17) is 10.5 Å². The van der Waals surface area contributed by atoms with E-state index in [9.17, 15) is 4.79 Å². The van der Waals surface area contributed by atoms with Crippen molar-refractivity contribution < 1.29 is 9.53 Å². The average Bonchev–Trinajstić information content (AvgIpc) is 2.24. The first-order chi connectivity index (χ1) is 9.19. The van der Waals surface area contributed by atoms with Crippen LogP contribution in [0.2, 0.25) is 0 Å². The fourth-order valence-corrected chi connectivity index (χ4v) is 1.97. The number of nitrogens with zero attached hydrogens (tertiary/aromatic N) is 2. The molecule has 0 saturated carbocycles. The number of carbonyl (C=O) groups is 1. The van der Waals surface area contributed by atoms with Crippen LogP contribution in [0.5, 0.6) is 5.88 Å². The van der Waals surface area contributed by atoms with Gasteiger partial charge in [0, 0.05) is 24.2 Å². The van der Waals surface area contributed by atoms with E-state index >= 15 is 0 Å². The Balaban J connectivity index is 2.60. The number of nitrogens with two attached hydrogens (primary N) is 1. The summed E-state index contributed by atoms with van der Waals surface area (Å²) < 4.78 is 5.04. The summed E-state index contributed by atoms with van der Waals surface area (Å²) in [5, 5.41) is 2.65. The van der Waals surface area contributed by atoms with Gasteiger partial charge in [-0.15, -0.1) is 0 Å². The predicted octanol–water partition coefficient (Wildman–Crippen LogP) is 1.89. The van der Waals surface area contributed by atoms with Crippen molar-refractivity contribution in [3.63, 3.8) is 0 Å². The van der Waals surface area contributed by atoms with Gasteiger partial charge in [0.15, 0.2) is 0 Å². The first-order valence-corrected chi connectivity index (χ1v) is 6.65. The third-order valence-corrected chi connectivity index (χ3v) is 2.61. The molecule has 0 bridgehead atoms. The summed E-state index contributed by atoms with van der Waals surface area (Å²) in [7, 11) is 1.52. The smallest absolute Gasteiger partial charge is 0.232 e. The van der Waals surface area contributed by atoms with Crippen LogP contribution in [-0.4, -0.2) is 29.0 Å². The van der Waals surface area contributed by atoms with Crippen molar-refractivity contribution in [1.82, 2.24) is 9.97 Å². The molecule has 1 heterocycles. The lowest BCUT2D eigenvalue weighted by atomic mass is 9.87. The van der Waals surface area contributed by atoms with E-state index in [1.165, 1.54) is 7.11 Å². The van der Waals surface area contributed by atoms with Crippen molar-refractivity contribution in [1.29, 1.82) is 0 Å². The van der Waals surface area contributed by atoms with Crippen molar-refractivity contribution in [2.75, 3.05) is 12.4 Å². The molecular formula is C14H24N4O2. The molecule has 3 N–H and O–H groups in total. The Hall–Kier alpha value is -1.69. The zero-order valence-corrected chi connectivity index (χ0v) is 12.9. The number of ether oxygens (including phenoxy) is 1. The van der Waals surface area contributed by atoms with Crippen LogP contribution in [0.3, 0.4) is 0 Å². The molecule has 0 aliphatic carbocycles. The number of anilines is 1. The van der Waals surface area contributed by atoms with Crippen LogP contribution in [0.15, 0.2) is 6.07 Å². The second-order valence-electron chi connectivity index (χ2n) is 6.15. The van der Waals surface area contributed by atoms with Crippen LogP contribution >= 0.6 is 0 Å². The van der Waals surface area contributed by atoms with E-state index in [0.717, 1.165) is 12.1 Å². The van der Waals surface area contributed by atoms with Gasteiger partial charge in [-0.1, -0.05) is 20.8 Å². The molecule has 6 heteroatoms. The molecule has 6 nitrogen and oxygen atoms in total. The maximum Gasteiger partial charge on any atom is 0.232 e. The molecule has 0 fully saturated rings. The summed E-state index contributed by atoms with van der Waals surface area (Å²) in [4.78, 5) is 20.1. The second kappa shape index (κ2) is 6.65. The second-order valence-corrected chi connectivity index (χ2v) is 6.15. The first kappa shape index (κ1) is 16.4. The number of aromatic nitrogens is 2. The highest BCUT2D eigenvalue weighted by molar-refractivity contribution is 5.89. The van der Waals surface area contributed by atoms with Gasteiger partial charge in [0.25, 0.3) is 0 Å². The minimum Gasteiger partial charge on any atom is -0.481 e. The van der Waals surface area contributed by atoms with Crippen molar-refractivity contribution in [3.8, 4) is 5.88 Å². The van der Waals surface area contributed by atoms with Gasteiger partial charge < -0.3 is 10.5 Å². The molecule has 1 aromatic heterocycles. The predicted molar refractivity (Wildman–Crippen MR) is 78.6 cm³/mol. The summed E-state index contributed by atoms with van der Waals surface area (Å²) >= 11 is 0. The van der Waals surface area contributed by atoms with Crippen LogP contribution in [0, 0.1) is 12.3 Å². The number of aryl methyl sites for hydroxylation is 1. The zero-order chi connectivity index (χ0) is 15.3. The molecule has 0 saturated heterocycles. The minimum absolute atomic E-state index is 0.1000. The molecule has 1 unspecified atom stereocenters. The van der Waals surface area contributed by atoms with E-state index in [0.29, 0.717) is 5.88 Å². The van der Waals surface area contributed by atoms with Crippen LogP contribution in [0.4, 0.5) is 5.95 Å².